The van der Waals surface area contributed by atoms with Crippen molar-refractivity contribution >= 4 is 40.8 Å². The van der Waals surface area contributed by atoms with E-state index in [1.165, 1.54) is 0 Å². The molecule has 3 N–H and O–H groups in total. The molecular formula is C32H42N6O4. The molecule has 0 spiro atoms. The lowest BCUT2D eigenvalue weighted by Crippen LogP contribution is -2.39. The Balaban J connectivity index is 1.67. The molecular weight excluding hydrogens is 532 g/mol. The van der Waals surface area contributed by atoms with Crippen molar-refractivity contribution in [1.82, 2.24) is 9.80 Å². The van der Waals surface area contributed by atoms with Gasteiger partial charge in [-0.15, -0.1) is 0 Å². The maximum atomic E-state index is 13.2. The predicted molar refractivity (Wildman–Crippen MR) is 169 cm³/mol. The fourth-order valence-electron chi connectivity index (χ4n) is 3.91. The lowest BCUT2D eigenvalue weighted by Gasteiger charge is -2.25. The zero-order valence-corrected chi connectivity index (χ0v) is 25.5. The van der Waals surface area contributed by atoms with Crippen LogP contribution >= 0.6 is 0 Å². The minimum Gasteiger partial charge on any atom is -0.444 e. The molecule has 0 saturated carbocycles. The lowest BCUT2D eigenvalue weighted by molar-refractivity contribution is 0.0635. The lowest BCUT2D eigenvalue weighted by atomic mass is 10.1. The standard InChI is InChI=1S/C32H42N6O4/c1-32(2,3)42-31(41)35-28-11-9-8-10-27(28)34-29(39)24-14-12-23(13-15-24)22-38(21-20-36(4)5)30(40)33-25-16-18-26(19-17-25)37(6)7/h8-19H,20-22H2,1-7H3,(H,33,40)(H,34,39)(H,35,41). The van der Waals surface area contributed by atoms with Crippen LogP contribution in [0.25, 0.3) is 0 Å². The summed E-state index contributed by atoms with van der Waals surface area (Å²) in [5.74, 6) is -0.330. The van der Waals surface area contributed by atoms with E-state index in [0.717, 1.165) is 11.3 Å². The van der Waals surface area contributed by atoms with Gasteiger partial charge >= 0.3 is 12.1 Å². The summed E-state index contributed by atoms with van der Waals surface area (Å²) >= 11 is 0. The Morgan fingerprint density at radius 3 is 1.88 bits per heavy atom. The van der Waals surface area contributed by atoms with Gasteiger partial charge in [-0.3, -0.25) is 10.1 Å². The van der Waals surface area contributed by atoms with Crippen LogP contribution in [0.15, 0.2) is 72.8 Å². The minimum atomic E-state index is -0.649. The van der Waals surface area contributed by atoms with Crippen molar-refractivity contribution in [1.29, 1.82) is 0 Å². The van der Waals surface area contributed by atoms with Gasteiger partial charge in [0.15, 0.2) is 0 Å². The van der Waals surface area contributed by atoms with Crippen molar-refractivity contribution in [3.8, 4) is 0 Å². The number of hydrogen-bond donors (Lipinski definition) is 3. The largest absolute Gasteiger partial charge is 0.444 e. The molecule has 0 aliphatic heterocycles. The molecule has 4 amide bonds. The van der Waals surface area contributed by atoms with Gasteiger partial charge in [0.2, 0.25) is 0 Å². The van der Waals surface area contributed by atoms with E-state index in [1.54, 1.807) is 62.1 Å². The number of benzene rings is 3. The highest BCUT2D eigenvalue weighted by molar-refractivity contribution is 6.06. The summed E-state index contributed by atoms with van der Waals surface area (Å²) in [7, 11) is 7.86. The summed E-state index contributed by atoms with van der Waals surface area (Å²) in [6.45, 7) is 6.94. The van der Waals surface area contributed by atoms with E-state index in [-0.39, 0.29) is 11.9 Å². The number of nitrogens with zero attached hydrogens (tertiary/aromatic N) is 3. The fraction of sp³-hybridized carbons (Fsp3) is 0.344. The average Bonchev–Trinajstić information content (AvgIpc) is 2.91. The summed E-state index contributed by atoms with van der Waals surface area (Å²) in [4.78, 5) is 44.2. The van der Waals surface area contributed by atoms with Gasteiger partial charge in [-0.25, -0.2) is 9.59 Å². The zero-order valence-electron chi connectivity index (χ0n) is 25.5. The normalized spacial score (nSPS) is 11.0. The maximum Gasteiger partial charge on any atom is 0.412 e. The molecule has 10 heteroatoms. The second kappa shape index (κ2) is 14.4. The van der Waals surface area contributed by atoms with Gasteiger partial charge < -0.3 is 30.1 Å². The van der Waals surface area contributed by atoms with Crippen LogP contribution < -0.4 is 20.9 Å². The second-order valence-corrected chi connectivity index (χ2v) is 11.4. The monoisotopic (exact) mass is 574 g/mol. The van der Waals surface area contributed by atoms with Crippen molar-refractivity contribution in [3.05, 3.63) is 83.9 Å². The number of carbonyl (C=O) groups excluding carboxylic acids is 3. The molecule has 0 aromatic heterocycles. The van der Waals surface area contributed by atoms with E-state index in [9.17, 15) is 14.4 Å². The molecule has 3 rings (SSSR count). The van der Waals surface area contributed by atoms with Crippen LogP contribution in [-0.4, -0.2) is 74.7 Å². The van der Waals surface area contributed by atoms with E-state index < -0.39 is 11.7 Å². The summed E-state index contributed by atoms with van der Waals surface area (Å²) in [5, 5.41) is 8.52. The first-order valence-corrected chi connectivity index (χ1v) is 13.8. The Labute approximate surface area is 248 Å². The van der Waals surface area contributed by atoms with Crippen LogP contribution in [0.3, 0.4) is 0 Å². The average molecular weight is 575 g/mol. The molecule has 0 heterocycles. The Morgan fingerprint density at radius 1 is 0.738 bits per heavy atom. The molecule has 0 fully saturated rings. The highest BCUT2D eigenvalue weighted by Crippen LogP contribution is 2.23. The van der Waals surface area contributed by atoms with Gasteiger partial charge in [-0.2, -0.15) is 0 Å². The second-order valence-electron chi connectivity index (χ2n) is 11.4. The van der Waals surface area contributed by atoms with Crippen molar-refractivity contribution in [2.45, 2.75) is 32.9 Å². The van der Waals surface area contributed by atoms with Crippen LogP contribution in [-0.2, 0) is 11.3 Å². The van der Waals surface area contributed by atoms with Gasteiger partial charge in [-0.05, 0) is 89.0 Å². The third kappa shape index (κ3) is 10.1. The molecule has 0 radical (unpaired) electrons. The van der Waals surface area contributed by atoms with E-state index in [4.69, 9.17) is 4.74 Å². The Morgan fingerprint density at radius 2 is 1.33 bits per heavy atom. The van der Waals surface area contributed by atoms with Crippen LogP contribution in [0.1, 0.15) is 36.7 Å². The first kappa shape index (κ1) is 32.0. The number of carbonyl (C=O) groups is 3. The van der Waals surface area contributed by atoms with Crippen molar-refractivity contribution in [3.63, 3.8) is 0 Å². The number of amides is 4. The number of urea groups is 1. The first-order valence-electron chi connectivity index (χ1n) is 13.8. The smallest absolute Gasteiger partial charge is 0.412 e. The highest BCUT2D eigenvalue weighted by Gasteiger charge is 2.19. The van der Waals surface area contributed by atoms with E-state index >= 15 is 0 Å². The molecule has 0 aliphatic rings. The highest BCUT2D eigenvalue weighted by atomic mass is 16.6. The van der Waals surface area contributed by atoms with Crippen molar-refractivity contribution < 1.29 is 19.1 Å². The van der Waals surface area contributed by atoms with Gasteiger partial charge in [-0.1, -0.05) is 24.3 Å². The van der Waals surface area contributed by atoms with E-state index in [1.807, 2.05) is 74.4 Å². The Kier molecular flexibility index (Phi) is 10.9. The topological polar surface area (TPSA) is 106 Å². The molecule has 0 atom stereocenters. The van der Waals surface area contributed by atoms with Gasteiger partial charge in [0.1, 0.15) is 5.60 Å². The Hall–Kier alpha value is -4.57. The molecule has 0 unspecified atom stereocenters. The SMILES string of the molecule is CN(C)CCN(Cc1ccc(C(=O)Nc2ccccc2NC(=O)OC(C)(C)C)cc1)C(=O)Nc1ccc(N(C)C)cc1. The minimum absolute atomic E-state index is 0.203. The maximum absolute atomic E-state index is 13.2. The number of likely N-dealkylation sites (N-methyl/N-ethyl adjacent to an activating group) is 1. The quantitative estimate of drug-likeness (QED) is 0.276. The van der Waals surface area contributed by atoms with Crippen LogP contribution in [0.4, 0.5) is 32.3 Å². The van der Waals surface area contributed by atoms with Crippen molar-refractivity contribution in [2.75, 3.05) is 62.1 Å². The van der Waals surface area contributed by atoms with Gasteiger partial charge in [0.25, 0.3) is 5.91 Å². The van der Waals surface area contributed by atoms with Gasteiger partial charge in [0, 0.05) is 50.7 Å². The number of rotatable bonds is 10. The third-order valence-electron chi connectivity index (χ3n) is 6.14. The first-order chi connectivity index (χ1) is 19.8. The van der Waals surface area contributed by atoms with E-state index in [2.05, 4.69) is 16.0 Å². The number of anilines is 4. The number of para-hydroxylation sites is 2. The Bertz CT molecular complexity index is 1350. The summed E-state index contributed by atoms with van der Waals surface area (Å²) in [6.07, 6.45) is -0.609. The fourth-order valence-corrected chi connectivity index (χ4v) is 3.91. The number of hydrogen-bond acceptors (Lipinski definition) is 6. The third-order valence-corrected chi connectivity index (χ3v) is 6.14. The molecule has 3 aromatic rings. The molecule has 0 saturated heterocycles. The molecule has 42 heavy (non-hydrogen) atoms. The molecule has 224 valence electrons. The van der Waals surface area contributed by atoms with Crippen LogP contribution in [0.5, 0.6) is 0 Å². The summed E-state index contributed by atoms with van der Waals surface area (Å²) in [5.41, 5.74) is 3.31. The molecule has 0 bridgehead atoms. The molecule has 3 aromatic carbocycles. The van der Waals surface area contributed by atoms with Crippen LogP contribution in [0.2, 0.25) is 0 Å². The molecule has 0 aliphatic carbocycles. The summed E-state index contributed by atoms with van der Waals surface area (Å²) in [6, 6.07) is 21.5. The van der Waals surface area contributed by atoms with Crippen molar-refractivity contribution in [2.24, 2.45) is 0 Å². The molecule has 10 nitrogen and oxygen atoms in total. The van der Waals surface area contributed by atoms with E-state index in [0.29, 0.717) is 42.3 Å². The van der Waals surface area contributed by atoms with Gasteiger partial charge in [0.05, 0.1) is 11.4 Å². The predicted octanol–water partition coefficient (Wildman–Crippen LogP) is 5.95. The number of nitrogens with one attached hydrogen (secondary N) is 3. The summed E-state index contributed by atoms with van der Waals surface area (Å²) < 4.78 is 5.33. The van der Waals surface area contributed by atoms with Crippen LogP contribution in [0, 0.1) is 0 Å². The number of ether oxygens (including phenoxy) is 1. The zero-order chi connectivity index (χ0) is 30.9.